The average molecular weight is 500 g/mol. The maximum Gasteiger partial charge on any atom is 0.277 e. The van der Waals surface area contributed by atoms with Crippen LogP contribution in [0, 0.1) is 18.6 Å². The predicted octanol–water partition coefficient (Wildman–Crippen LogP) is 4.38. The fourth-order valence-corrected chi connectivity index (χ4v) is 4.36. The molecule has 0 unspecified atom stereocenters. The smallest absolute Gasteiger partial charge is 0.277 e. The lowest BCUT2D eigenvalue weighted by Gasteiger charge is -2.14. The molecule has 0 bridgehead atoms. The number of carbonyl (C=O) groups is 1. The fraction of sp³-hybridized carbons (Fsp3) is 0.0870. The normalized spacial score (nSPS) is 11.2. The lowest BCUT2D eigenvalue weighted by atomic mass is 10.2. The molecule has 35 heavy (non-hydrogen) atoms. The van der Waals surface area contributed by atoms with Gasteiger partial charge in [-0.3, -0.25) is 9.52 Å². The lowest BCUT2D eigenvalue weighted by molar-refractivity contribution is 0.102. The monoisotopic (exact) mass is 500 g/mol. The third-order valence-electron chi connectivity index (χ3n) is 4.83. The highest BCUT2D eigenvalue weighted by Crippen LogP contribution is 2.29. The van der Waals surface area contributed by atoms with E-state index in [-0.39, 0.29) is 34.4 Å². The number of nitrogens with zero attached hydrogens (tertiary/aromatic N) is 2. The molecule has 0 saturated heterocycles. The number of hydrogen-bond donors (Lipinski definition) is 2. The first-order valence-electron chi connectivity index (χ1n) is 10.0. The zero-order valence-electron chi connectivity index (χ0n) is 18.4. The van der Waals surface area contributed by atoms with Crippen LogP contribution in [0.4, 0.5) is 20.2 Å². The van der Waals surface area contributed by atoms with Crippen molar-refractivity contribution in [2.75, 3.05) is 17.1 Å². The number of hydrogen-bond acceptors (Lipinski definition) is 7. The molecular formula is C23H18F2N4O5S. The molecule has 0 spiro atoms. The first kappa shape index (κ1) is 23.8. The van der Waals surface area contributed by atoms with Gasteiger partial charge in [-0.25, -0.2) is 27.2 Å². The third-order valence-corrected chi connectivity index (χ3v) is 6.19. The molecule has 9 nitrogen and oxygen atoms in total. The number of halogens is 2. The van der Waals surface area contributed by atoms with Gasteiger partial charge in [-0.1, -0.05) is 18.2 Å². The molecule has 0 aliphatic rings. The van der Waals surface area contributed by atoms with Crippen LogP contribution in [0.5, 0.6) is 5.88 Å². The summed E-state index contributed by atoms with van der Waals surface area (Å²) in [7, 11) is -3.16. The summed E-state index contributed by atoms with van der Waals surface area (Å²) in [5, 5.41) is 2.50. The molecule has 180 valence electrons. The number of nitrogens with one attached hydrogen (secondary N) is 2. The topological polar surface area (TPSA) is 123 Å². The Hall–Kier alpha value is -4.32. The Labute approximate surface area is 198 Å². The minimum absolute atomic E-state index is 0.0162. The van der Waals surface area contributed by atoms with Crippen molar-refractivity contribution in [1.82, 2.24) is 9.97 Å². The van der Waals surface area contributed by atoms with E-state index in [2.05, 4.69) is 20.0 Å². The number of oxazole rings is 1. The summed E-state index contributed by atoms with van der Waals surface area (Å²) in [5.41, 5.74) is 0.632. The molecule has 2 heterocycles. The van der Waals surface area contributed by atoms with E-state index < -0.39 is 32.5 Å². The van der Waals surface area contributed by atoms with E-state index in [1.807, 2.05) is 6.07 Å². The van der Waals surface area contributed by atoms with Crippen LogP contribution in [-0.2, 0) is 10.0 Å². The summed E-state index contributed by atoms with van der Waals surface area (Å²) in [4.78, 5) is 20.3. The molecule has 1 amide bonds. The molecule has 2 aromatic heterocycles. The van der Waals surface area contributed by atoms with Gasteiger partial charge in [0.15, 0.2) is 22.2 Å². The molecule has 4 rings (SSSR count). The number of amides is 1. The van der Waals surface area contributed by atoms with Gasteiger partial charge in [0.05, 0.1) is 24.7 Å². The Bertz CT molecular complexity index is 1510. The van der Waals surface area contributed by atoms with Gasteiger partial charge in [0.25, 0.3) is 15.9 Å². The standard InChI is InChI=1S/C23H18F2N4O5S/c1-13-8-16(24)17(25)10-18(13)29-35(31,32)20-9-15(11-26-23(20)33-2)27-21(30)19-12-34-22(28-19)14-6-4-3-5-7-14/h3-12,29H,1-2H3,(H,27,30). The van der Waals surface area contributed by atoms with Crippen molar-refractivity contribution in [3.05, 3.63) is 83.9 Å². The van der Waals surface area contributed by atoms with Crippen molar-refractivity contribution in [3.8, 4) is 17.3 Å². The van der Waals surface area contributed by atoms with E-state index in [1.165, 1.54) is 26.5 Å². The Morgan fingerprint density at radius 2 is 1.80 bits per heavy atom. The molecular weight excluding hydrogens is 482 g/mol. The second-order valence-corrected chi connectivity index (χ2v) is 8.93. The van der Waals surface area contributed by atoms with Crippen molar-refractivity contribution >= 4 is 27.3 Å². The van der Waals surface area contributed by atoms with Gasteiger partial charge in [-0.05, 0) is 36.8 Å². The first-order chi connectivity index (χ1) is 16.7. The maximum atomic E-state index is 13.7. The zero-order chi connectivity index (χ0) is 25.2. The van der Waals surface area contributed by atoms with E-state index in [0.717, 1.165) is 18.2 Å². The first-order valence-corrected chi connectivity index (χ1v) is 11.5. The number of aromatic nitrogens is 2. The number of pyridine rings is 1. The molecule has 0 fully saturated rings. The van der Waals surface area contributed by atoms with E-state index in [1.54, 1.807) is 24.3 Å². The number of anilines is 2. The van der Waals surface area contributed by atoms with Gasteiger partial charge in [-0.2, -0.15) is 0 Å². The molecule has 4 aromatic rings. The number of sulfonamides is 1. The van der Waals surface area contributed by atoms with Crippen LogP contribution in [0.15, 0.2) is 70.3 Å². The summed E-state index contributed by atoms with van der Waals surface area (Å²) in [6.45, 7) is 1.41. The van der Waals surface area contributed by atoms with Crippen molar-refractivity contribution in [3.63, 3.8) is 0 Å². The van der Waals surface area contributed by atoms with Gasteiger partial charge in [0, 0.05) is 11.6 Å². The summed E-state index contributed by atoms with van der Waals surface area (Å²) in [6, 6.07) is 11.6. The van der Waals surface area contributed by atoms with Crippen LogP contribution in [0.25, 0.3) is 11.5 Å². The Morgan fingerprint density at radius 1 is 1.09 bits per heavy atom. The minimum Gasteiger partial charge on any atom is -0.480 e. The summed E-state index contributed by atoms with van der Waals surface area (Å²) in [6.07, 6.45) is 2.36. The molecule has 0 atom stereocenters. The second kappa shape index (κ2) is 9.50. The molecule has 0 aliphatic heterocycles. The van der Waals surface area contributed by atoms with Crippen LogP contribution in [0.2, 0.25) is 0 Å². The number of methoxy groups -OCH3 is 1. The van der Waals surface area contributed by atoms with Gasteiger partial charge in [-0.15, -0.1) is 0 Å². The molecule has 0 radical (unpaired) electrons. The Balaban J connectivity index is 1.60. The summed E-state index contributed by atoms with van der Waals surface area (Å²) >= 11 is 0. The minimum atomic E-state index is -4.38. The van der Waals surface area contributed by atoms with Crippen molar-refractivity contribution < 1.29 is 31.1 Å². The van der Waals surface area contributed by atoms with Crippen molar-refractivity contribution in [1.29, 1.82) is 0 Å². The zero-order valence-corrected chi connectivity index (χ0v) is 19.2. The van der Waals surface area contributed by atoms with E-state index >= 15 is 0 Å². The highest BCUT2D eigenvalue weighted by atomic mass is 32.2. The fourth-order valence-electron chi connectivity index (χ4n) is 3.09. The third kappa shape index (κ3) is 5.11. The van der Waals surface area contributed by atoms with Crippen LogP contribution in [-0.4, -0.2) is 31.4 Å². The largest absolute Gasteiger partial charge is 0.480 e. The Kier molecular flexibility index (Phi) is 6.47. The van der Waals surface area contributed by atoms with E-state index in [0.29, 0.717) is 5.56 Å². The molecule has 0 aliphatic carbocycles. The lowest BCUT2D eigenvalue weighted by Crippen LogP contribution is -2.17. The molecule has 0 saturated carbocycles. The number of aryl methyl sites for hydroxylation is 1. The van der Waals surface area contributed by atoms with Crippen LogP contribution < -0.4 is 14.8 Å². The van der Waals surface area contributed by atoms with Gasteiger partial charge in [0.1, 0.15) is 6.26 Å². The Morgan fingerprint density at radius 3 is 2.51 bits per heavy atom. The van der Waals surface area contributed by atoms with Gasteiger partial charge < -0.3 is 14.5 Å². The maximum absolute atomic E-state index is 13.7. The summed E-state index contributed by atoms with van der Waals surface area (Å²) in [5.74, 6) is -3.04. The van der Waals surface area contributed by atoms with E-state index in [9.17, 15) is 22.0 Å². The number of rotatable bonds is 7. The molecule has 2 N–H and O–H groups in total. The highest BCUT2D eigenvalue weighted by Gasteiger charge is 2.24. The van der Waals surface area contributed by atoms with Gasteiger partial charge in [0.2, 0.25) is 11.8 Å². The van der Waals surface area contributed by atoms with Crippen molar-refractivity contribution in [2.45, 2.75) is 11.8 Å². The number of ether oxygens (including phenoxy) is 1. The van der Waals surface area contributed by atoms with Crippen LogP contribution in [0.1, 0.15) is 16.1 Å². The SMILES string of the molecule is COc1ncc(NC(=O)c2coc(-c3ccccc3)n2)cc1S(=O)(=O)Nc1cc(F)c(F)cc1C. The summed E-state index contributed by atoms with van der Waals surface area (Å²) < 4.78 is 65.7. The van der Waals surface area contributed by atoms with E-state index in [4.69, 9.17) is 9.15 Å². The second-order valence-electron chi connectivity index (χ2n) is 7.28. The van der Waals surface area contributed by atoms with Crippen LogP contribution >= 0.6 is 0 Å². The van der Waals surface area contributed by atoms with Gasteiger partial charge >= 0.3 is 0 Å². The van der Waals surface area contributed by atoms with Crippen molar-refractivity contribution in [2.24, 2.45) is 0 Å². The average Bonchev–Trinajstić information content (AvgIpc) is 3.34. The number of carbonyl (C=O) groups excluding carboxylic acids is 1. The highest BCUT2D eigenvalue weighted by molar-refractivity contribution is 7.92. The van der Waals surface area contributed by atoms with Crippen LogP contribution in [0.3, 0.4) is 0 Å². The quantitative estimate of drug-likeness (QED) is 0.386. The molecule has 2 aromatic carbocycles. The predicted molar refractivity (Wildman–Crippen MR) is 123 cm³/mol. The molecule has 12 heteroatoms. The number of benzene rings is 2.